The molecule has 3 rings (SSSR count). The molecule has 1 heterocycles. The van der Waals surface area contributed by atoms with Crippen molar-refractivity contribution in [1.29, 1.82) is 0 Å². The summed E-state index contributed by atoms with van der Waals surface area (Å²) in [5, 5.41) is 7.48. The molecule has 3 aromatic rings. The van der Waals surface area contributed by atoms with Crippen molar-refractivity contribution < 1.29 is 8.42 Å². The fraction of sp³-hybridized carbons (Fsp3) is 0.125. The Morgan fingerprint density at radius 2 is 1.61 bits per heavy atom. The molecule has 0 aliphatic rings. The highest BCUT2D eigenvalue weighted by Gasteiger charge is 2.16. The molecule has 23 heavy (non-hydrogen) atoms. The van der Waals surface area contributed by atoms with Crippen LogP contribution in [0.4, 0.5) is 5.69 Å². The molecule has 0 saturated heterocycles. The first-order valence-electron chi connectivity index (χ1n) is 7.01. The largest absolute Gasteiger partial charge is 0.288 e. The van der Waals surface area contributed by atoms with Gasteiger partial charge in [0.1, 0.15) is 12.7 Å². The van der Waals surface area contributed by atoms with E-state index in [1.807, 2.05) is 13.0 Å². The zero-order chi connectivity index (χ0) is 16.4. The van der Waals surface area contributed by atoms with Gasteiger partial charge in [-0.25, -0.2) is 8.42 Å². The van der Waals surface area contributed by atoms with Crippen molar-refractivity contribution in [2.24, 2.45) is 0 Å². The Hall–Kier alpha value is -2.67. The first kappa shape index (κ1) is 15.2. The van der Waals surface area contributed by atoms with Gasteiger partial charge in [0.2, 0.25) is 0 Å². The first-order chi connectivity index (χ1) is 11.0. The van der Waals surface area contributed by atoms with Gasteiger partial charge in [-0.3, -0.25) is 9.29 Å². The third-order valence-corrected chi connectivity index (χ3v) is 5.00. The number of aryl methyl sites for hydroxylation is 2. The first-order valence-corrected chi connectivity index (χ1v) is 8.49. The Bertz CT molecular complexity index is 917. The van der Waals surface area contributed by atoms with Crippen molar-refractivity contribution in [3.63, 3.8) is 0 Å². The SMILES string of the molecule is Cc1ccc(S(=O)(=O)Nc2ccc(-n3cnnc3)cc2)c(C)c1. The summed E-state index contributed by atoms with van der Waals surface area (Å²) in [6.07, 6.45) is 3.16. The molecule has 0 aliphatic heterocycles. The van der Waals surface area contributed by atoms with E-state index in [2.05, 4.69) is 14.9 Å². The Morgan fingerprint density at radius 3 is 2.22 bits per heavy atom. The molecule has 0 saturated carbocycles. The summed E-state index contributed by atoms with van der Waals surface area (Å²) in [5.74, 6) is 0. The van der Waals surface area contributed by atoms with E-state index in [4.69, 9.17) is 0 Å². The molecular weight excluding hydrogens is 312 g/mol. The van der Waals surface area contributed by atoms with Gasteiger partial charge in [-0.2, -0.15) is 0 Å². The van der Waals surface area contributed by atoms with Crippen molar-refractivity contribution in [1.82, 2.24) is 14.8 Å². The Morgan fingerprint density at radius 1 is 0.957 bits per heavy atom. The topological polar surface area (TPSA) is 76.9 Å². The van der Waals surface area contributed by atoms with Crippen LogP contribution in [0.5, 0.6) is 0 Å². The second kappa shape index (κ2) is 5.85. The number of aromatic nitrogens is 3. The molecule has 0 unspecified atom stereocenters. The average molecular weight is 328 g/mol. The van der Waals surface area contributed by atoms with Gasteiger partial charge in [0.15, 0.2) is 0 Å². The highest BCUT2D eigenvalue weighted by atomic mass is 32.2. The number of nitrogens with one attached hydrogen (secondary N) is 1. The summed E-state index contributed by atoms with van der Waals surface area (Å²) in [5.41, 5.74) is 3.10. The standard InChI is InChI=1S/C16H16N4O2S/c1-12-3-8-16(13(2)9-12)23(21,22)19-14-4-6-15(7-5-14)20-10-17-18-11-20/h3-11,19H,1-2H3. The number of nitrogens with zero attached hydrogens (tertiary/aromatic N) is 3. The van der Waals surface area contributed by atoms with Gasteiger partial charge in [0.25, 0.3) is 10.0 Å². The van der Waals surface area contributed by atoms with Crippen LogP contribution in [-0.2, 0) is 10.0 Å². The van der Waals surface area contributed by atoms with Crippen molar-refractivity contribution in [2.45, 2.75) is 18.7 Å². The molecule has 118 valence electrons. The highest BCUT2D eigenvalue weighted by Crippen LogP contribution is 2.21. The lowest BCUT2D eigenvalue weighted by Gasteiger charge is -2.11. The Labute approximate surface area is 134 Å². The summed E-state index contributed by atoms with van der Waals surface area (Å²) in [4.78, 5) is 0.283. The molecular formula is C16H16N4O2S. The molecule has 0 aliphatic carbocycles. The van der Waals surface area contributed by atoms with Crippen LogP contribution in [0.15, 0.2) is 60.0 Å². The molecule has 0 radical (unpaired) electrons. The minimum atomic E-state index is -3.61. The number of benzene rings is 2. The molecule has 0 atom stereocenters. The van der Waals surface area contributed by atoms with Crippen LogP contribution in [0.3, 0.4) is 0 Å². The van der Waals surface area contributed by atoms with Gasteiger partial charge in [-0.05, 0) is 49.7 Å². The van der Waals surface area contributed by atoms with Crippen LogP contribution in [0.1, 0.15) is 11.1 Å². The van der Waals surface area contributed by atoms with E-state index >= 15 is 0 Å². The zero-order valence-electron chi connectivity index (χ0n) is 12.8. The predicted molar refractivity (Wildman–Crippen MR) is 88.1 cm³/mol. The lowest BCUT2D eigenvalue weighted by Crippen LogP contribution is -2.14. The Kier molecular flexibility index (Phi) is 3.87. The van der Waals surface area contributed by atoms with E-state index in [1.165, 1.54) is 0 Å². The molecule has 0 fully saturated rings. The molecule has 0 amide bonds. The van der Waals surface area contributed by atoms with E-state index in [0.717, 1.165) is 16.8 Å². The highest BCUT2D eigenvalue weighted by molar-refractivity contribution is 7.92. The molecule has 6 nitrogen and oxygen atoms in total. The molecule has 1 aromatic heterocycles. The molecule has 0 spiro atoms. The predicted octanol–water partition coefficient (Wildman–Crippen LogP) is 2.68. The maximum Gasteiger partial charge on any atom is 0.262 e. The molecule has 0 bridgehead atoms. The van der Waals surface area contributed by atoms with E-state index in [0.29, 0.717) is 5.69 Å². The second-order valence-corrected chi connectivity index (χ2v) is 6.94. The summed E-state index contributed by atoms with van der Waals surface area (Å²) in [6, 6.07) is 12.3. The molecule has 2 aromatic carbocycles. The fourth-order valence-electron chi connectivity index (χ4n) is 2.35. The van der Waals surface area contributed by atoms with E-state index < -0.39 is 10.0 Å². The lowest BCUT2D eigenvalue weighted by molar-refractivity contribution is 0.600. The van der Waals surface area contributed by atoms with Crippen molar-refractivity contribution >= 4 is 15.7 Å². The Balaban J connectivity index is 1.86. The van der Waals surface area contributed by atoms with Crippen LogP contribution < -0.4 is 4.72 Å². The molecule has 7 heteroatoms. The van der Waals surface area contributed by atoms with Gasteiger partial charge in [0.05, 0.1) is 4.90 Å². The summed E-state index contributed by atoms with van der Waals surface area (Å²) in [6.45, 7) is 3.72. The van der Waals surface area contributed by atoms with E-state index in [-0.39, 0.29) is 4.90 Å². The average Bonchev–Trinajstić information content (AvgIpc) is 3.01. The summed E-state index contributed by atoms with van der Waals surface area (Å²) in [7, 11) is -3.61. The maximum atomic E-state index is 12.5. The third kappa shape index (κ3) is 3.24. The third-order valence-electron chi connectivity index (χ3n) is 3.46. The van der Waals surface area contributed by atoms with E-state index in [9.17, 15) is 8.42 Å². The van der Waals surface area contributed by atoms with Crippen molar-refractivity contribution in [3.05, 3.63) is 66.2 Å². The summed E-state index contributed by atoms with van der Waals surface area (Å²) >= 11 is 0. The van der Waals surface area contributed by atoms with E-state index in [1.54, 1.807) is 60.5 Å². The number of hydrogen-bond acceptors (Lipinski definition) is 4. The monoisotopic (exact) mass is 328 g/mol. The van der Waals surface area contributed by atoms with Crippen LogP contribution in [0.2, 0.25) is 0 Å². The zero-order valence-corrected chi connectivity index (χ0v) is 13.6. The summed E-state index contributed by atoms with van der Waals surface area (Å²) < 4.78 is 29.4. The van der Waals surface area contributed by atoms with Gasteiger partial charge in [0, 0.05) is 11.4 Å². The van der Waals surface area contributed by atoms with Crippen LogP contribution in [0.25, 0.3) is 5.69 Å². The maximum absolute atomic E-state index is 12.5. The molecule has 1 N–H and O–H groups in total. The number of sulfonamides is 1. The van der Waals surface area contributed by atoms with Crippen LogP contribution >= 0.6 is 0 Å². The second-order valence-electron chi connectivity index (χ2n) is 5.29. The minimum Gasteiger partial charge on any atom is -0.288 e. The number of anilines is 1. The number of rotatable bonds is 4. The fourth-order valence-corrected chi connectivity index (χ4v) is 3.63. The van der Waals surface area contributed by atoms with Crippen LogP contribution in [0, 0.1) is 13.8 Å². The van der Waals surface area contributed by atoms with Crippen molar-refractivity contribution in [2.75, 3.05) is 4.72 Å². The van der Waals surface area contributed by atoms with Gasteiger partial charge >= 0.3 is 0 Å². The van der Waals surface area contributed by atoms with Gasteiger partial charge in [-0.1, -0.05) is 17.7 Å². The van der Waals surface area contributed by atoms with Gasteiger partial charge in [-0.15, -0.1) is 10.2 Å². The smallest absolute Gasteiger partial charge is 0.262 e. The quantitative estimate of drug-likeness (QED) is 0.799. The minimum absolute atomic E-state index is 0.283. The van der Waals surface area contributed by atoms with Crippen LogP contribution in [-0.4, -0.2) is 23.2 Å². The lowest BCUT2D eigenvalue weighted by atomic mass is 10.2. The normalized spacial score (nSPS) is 11.4. The van der Waals surface area contributed by atoms with Crippen molar-refractivity contribution in [3.8, 4) is 5.69 Å². The van der Waals surface area contributed by atoms with Gasteiger partial charge < -0.3 is 0 Å². The number of hydrogen-bond donors (Lipinski definition) is 1.